The summed E-state index contributed by atoms with van der Waals surface area (Å²) in [5.74, 6) is -0.192. The summed E-state index contributed by atoms with van der Waals surface area (Å²) in [5, 5.41) is 0. The number of nitrogens with one attached hydrogen (secondary N) is 1. The van der Waals surface area contributed by atoms with Crippen LogP contribution in [0.5, 0.6) is 0 Å². The van der Waals surface area contributed by atoms with E-state index in [4.69, 9.17) is 0 Å². The van der Waals surface area contributed by atoms with E-state index < -0.39 is 0 Å². The number of rotatable bonds is 2. The minimum atomic E-state index is -0.192. The Kier molecular flexibility index (Phi) is 3.67. The van der Waals surface area contributed by atoms with Gasteiger partial charge in [-0.15, -0.1) is 0 Å². The van der Waals surface area contributed by atoms with Crippen LogP contribution in [-0.2, 0) is 19.5 Å². The van der Waals surface area contributed by atoms with E-state index >= 15 is 0 Å². The molecule has 1 aliphatic heterocycles. The van der Waals surface area contributed by atoms with Gasteiger partial charge in [0.2, 0.25) is 0 Å². The molecule has 98 valence electrons. The van der Waals surface area contributed by atoms with Crippen molar-refractivity contribution in [2.24, 2.45) is 0 Å². The molecule has 0 amide bonds. The van der Waals surface area contributed by atoms with Gasteiger partial charge in [0.15, 0.2) is 0 Å². The normalized spacial score (nSPS) is 18.1. The number of benzene rings is 2. The van der Waals surface area contributed by atoms with Crippen molar-refractivity contribution in [1.29, 1.82) is 0 Å². The van der Waals surface area contributed by atoms with Gasteiger partial charge in [0.25, 0.3) is 0 Å². The molecule has 0 bridgehead atoms. The van der Waals surface area contributed by atoms with Crippen LogP contribution in [0.25, 0.3) is 0 Å². The molecule has 0 radical (unpaired) electrons. The minimum absolute atomic E-state index is 0.192. The lowest BCUT2D eigenvalue weighted by Gasteiger charge is -2.26. The lowest BCUT2D eigenvalue weighted by Crippen LogP contribution is -3.10. The molecule has 3 heteroatoms. The van der Waals surface area contributed by atoms with E-state index in [-0.39, 0.29) is 5.82 Å². The average Bonchev–Trinajstić information content (AvgIpc) is 2.43. The van der Waals surface area contributed by atoms with Gasteiger partial charge >= 0.3 is 0 Å². The van der Waals surface area contributed by atoms with Crippen molar-refractivity contribution in [2.75, 3.05) is 6.54 Å². The Morgan fingerprint density at radius 2 is 1.89 bits per heavy atom. The second kappa shape index (κ2) is 5.43. The Labute approximate surface area is 121 Å². The molecule has 1 nitrogen and oxygen atoms in total. The van der Waals surface area contributed by atoms with Gasteiger partial charge in [0.05, 0.1) is 11.0 Å². The first-order valence-corrected chi connectivity index (χ1v) is 7.36. The molecular weight excluding hydrogens is 305 g/mol. The predicted octanol–water partition coefficient (Wildman–Crippen LogP) is 2.73. The summed E-state index contributed by atoms with van der Waals surface area (Å²) < 4.78 is 13.8. The summed E-state index contributed by atoms with van der Waals surface area (Å²) in [5.41, 5.74) is 4.11. The Balaban J connectivity index is 1.73. The number of fused-ring (bicyclic) bond motifs is 1. The first-order chi connectivity index (χ1) is 9.22. The zero-order valence-electron chi connectivity index (χ0n) is 10.6. The van der Waals surface area contributed by atoms with Gasteiger partial charge in [-0.3, -0.25) is 0 Å². The maximum absolute atomic E-state index is 13.2. The van der Waals surface area contributed by atoms with E-state index in [0.29, 0.717) is 4.47 Å². The molecule has 0 aliphatic carbocycles. The maximum atomic E-state index is 13.2. The molecule has 0 saturated heterocycles. The number of hydrogen-bond acceptors (Lipinski definition) is 0. The predicted molar refractivity (Wildman–Crippen MR) is 77.5 cm³/mol. The molecular formula is C16H16BrFN+. The third-order valence-corrected chi connectivity index (χ3v) is 4.35. The Morgan fingerprint density at radius 3 is 2.68 bits per heavy atom. The highest BCUT2D eigenvalue weighted by atomic mass is 79.9. The van der Waals surface area contributed by atoms with Crippen LogP contribution in [-0.4, -0.2) is 6.54 Å². The van der Waals surface area contributed by atoms with Gasteiger partial charge in [-0.2, -0.15) is 0 Å². The van der Waals surface area contributed by atoms with Gasteiger partial charge in [0, 0.05) is 17.5 Å². The van der Waals surface area contributed by atoms with Crippen LogP contribution >= 0.6 is 15.9 Å². The Bertz CT molecular complexity index is 597. The minimum Gasteiger partial charge on any atom is -0.327 e. The molecule has 3 rings (SSSR count). The Hall–Kier alpha value is -1.19. The fourth-order valence-corrected chi connectivity index (χ4v) is 3.16. The largest absolute Gasteiger partial charge is 0.327 e. The van der Waals surface area contributed by atoms with Crippen molar-refractivity contribution >= 4 is 15.9 Å². The van der Waals surface area contributed by atoms with Crippen LogP contribution < -0.4 is 4.90 Å². The molecule has 1 atom stereocenters. The number of halogens is 2. The fourth-order valence-electron chi connectivity index (χ4n) is 2.73. The Morgan fingerprint density at radius 1 is 1.11 bits per heavy atom. The lowest BCUT2D eigenvalue weighted by atomic mass is 9.99. The van der Waals surface area contributed by atoms with Crippen molar-refractivity contribution in [1.82, 2.24) is 0 Å². The van der Waals surface area contributed by atoms with Crippen LogP contribution in [0.4, 0.5) is 4.39 Å². The van der Waals surface area contributed by atoms with Gasteiger partial charge in [0.1, 0.15) is 18.9 Å². The SMILES string of the molecule is Fc1ccc(C[NH+]2CCc3ccccc3C2)cc1Br. The summed E-state index contributed by atoms with van der Waals surface area (Å²) in [6, 6.07) is 14.0. The molecule has 19 heavy (non-hydrogen) atoms. The van der Waals surface area contributed by atoms with Gasteiger partial charge in [-0.1, -0.05) is 30.3 Å². The van der Waals surface area contributed by atoms with Gasteiger partial charge in [-0.05, 0) is 33.6 Å². The van der Waals surface area contributed by atoms with Crippen LogP contribution in [0.15, 0.2) is 46.9 Å². The molecule has 2 aromatic rings. The summed E-state index contributed by atoms with van der Waals surface area (Å²) in [4.78, 5) is 1.54. The van der Waals surface area contributed by atoms with Crippen molar-refractivity contribution in [2.45, 2.75) is 19.5 Å². The molecule has 1 N–H and O–H groups in total. The van der Waals surface area contributed by atoms with Crippen LogP contribution in [0, 0.1) is 5.82 Å². The third kappa shape index (κ3) is 2.88. The number of quaternary nitrogens is 1. The quantitative estimate of drug-likeness (QED) is 0.868. The number of hydrogen-bond donors (Lipinski definition) is 1. The smallest absolute Gasteiger partial charge is 0.137 e. The van der Waals surface area contributed by atoms with Crippen LogP contribution in [0.1, 0.15) is 16.7 Å². The molecule has 2 aromatic carbocycles. The second-order valence-corrected chi connectivity index (χ2v) is 5.98. The molecule has 0 saturated carbocycles. The van der Waals surface area contributed by atoms with E-state index in [0.717, 1.165) is 26.1 Å². The molecule has 1 unspecified atom stereocenters. The summed E-state index contributed by atoms with van der Waals surface area (Å²) >= 11 is 3.25. The van der Waals surface area contributed by atoms with Crippen molar-refractivity contribution in [3.63, 3.8) is 0 Å². The van der Waals surface area contributed by atoms with E-state index in [1.165, 1.54) is 27.7 Å². The summed E-state index contributed by atoms with van der Waals surface area (Å²) in [6.45, 7) is 3.16. The third-order valence-electron chi connectivity index (χ3n) is 3.74. The molecule has 1 aliphatic rings. The second-order valence-electron chi connectivity index (χ2n) is 5.12. The van der Waals surface area contributed by atoms with Crippen molar-refractivity contribution in [3.8, 4) is 0 Å². The molecule has 1 heterocycles. The van der Waals surface area contributed by atoms with Crippen LogP contribution in [0.2, 0.25) is 0 Å². The lowest BCUT2D eigenvalue weighted by molar-refractivity contribution is -0.929. The van der Waals surface area contributed by atoms with Gasteiger partial charge in [-0.25, -0.2) is 4.39 Å². The zero-order chi connectivity index (χ0) is 13.2. The first-order valence-electron chi connectivity index (χ1n) is 6.56. The van der Waals surface area contributed by atoms with Crippen molar-refractivity contribution in [3.05, 3.63) is 69.4 Å². The highest BCUT2D eigenvalue weighted by Gasteiger charge is 2.19. The van der Waals surface area contributed by atoms with E-state index in [1.807, 2.05) is 12.1 Å². The van der Waals surface area contributed by atoms with E-state index in [9.17, 15) is 4.39 Å². The maximum Gasteiger partial charge on any atom is 0.137 e. The molecule has 0 aromatic heterocycles. The van der Waals surface area contributed by atoms with E-state index in [1.54, 1.807) is 0 Å². The highest BCUT2D eigenvalue weighted by Crippen LogP contribution is 2.17. The standard InChI is InChI=1S/C16H15BrFN/c17-15-9-12(5-6-16(15)18)10-19-8-7-13-3-1-2-4-14(13)11-19/h1-6,9H,7-8,10-11H2/p+1. The topological polar surface area (TPSA) is 4.44 Å². The van der Waals surface area contributed by atoms with E-state index in [2.05, 4.69) is 40.2 Å². The zero-order valence-corrected chi connectivity index (χ0v) is 12.2. The molecule has 0 spiro atoms. The van der Waals surface area contributed by atoms with Crippen LogP contribution in [0.3, 0.4) is 0 Å². The highest BCUT2D eigenvalue weighted by molar-refractivity contribution is 9.10. The van der Waals surface area contributed by atoms with Gasteiger partial charge < -0.3 is 4.90 Å². The molecule has 0 fully saturated rings. The first kappa shape index (κ1) is 12.8. The summed E-state index contributed by atoms with van der Waals surface area (Å²) in [6.07, 6.45) is 1.13. The summed E-state index contributed by atoms with van der Waals surface area (Å²) in [7, 11) is 0. The average molecular weight is 321 g/mol. The fraction of sp³-hybridized carbons (Fsp3) is 0.250. The monoisotopic (exact) mass is 320 g/mol. The van der Waals surface area contributed by atoms with Crippen molar-refractivity contribution < 1.29 is 9.29 Å².